The number of alkyl halides is 10. The van der Waals surface area contributed by atoms with Crippen LogP contribution in [0.3, 0.4) is 0 Å². The molecule has 0 atom stereocenters. The molecule has 0 saturated carbocycles. The third-order valence-electron chi connectivity index (χ3n) is 1.27. The van der Waals surface area contributed by atoms with Gasteiger partial charge in [-0.15, -0.1) is 0 Å². The van der Waals surface area contributed by atoms with E-state index in [1.54, 1.807) is 0 Å². The minimum Gasteiger partial charge on any atom is -0.168 e. The summed E-state index contributed by atoms with van der Waals surface area (Å²) in [6.07, 6.45) is -12.5. The van der Waals surface area contributed by atoms with Gasteiger partial charge in [0.2, 0.25) is 8.67 Å². The summed E-state index contributed by atoms with van der Waals surface area (Å²) in [6, 6.07) is 0. The van der Waals surface area contributed by atoms with E-state index in [4.69, 9.17) is 0 Å². The van der Waals surface area contributed by atoms with Crippen LogP contribution in [0.5, 0.6) is 0 Å². The number of halogens is 10. The lowest BCUT2D eigenvalue weighted by atomic mass is 10.2. The summed E-state index contributed by atoms with van der Waals surface area (Å²) in [5.74, 6) is 0. The van der Waals surface area contributed by atoms with Crippen molar-refractivity contribution in [1.29, 1.82) is 0 Å². The van der Waals surface area contributed by atoms with Crippen molar-refractivity contribution in [3.05, 3.63) is 0 Å². The first-order valence-corrected chi connectivity index (χ1v) is 4.61. The summed E-state index contributed by atoms with van der Waals surface area (Å²) in [7, 11) is 0. The zero-order valence-electron chi connectivity index (χ0n) is 6.49. The van der Waals surface area contributed by atoms with Gasteiger partial charge >= 0.3 is 12.4 Å². The van der Waals surface area contributed by atoms with Crippen molar-refractivity contribution in [2.24, 2.45) is 0 Å². The Morgan fingerprint density at radius 3 is 0.933 bits per heavy atom. The first kappa shape index (κ1) is 15.7. The zero-order valence-corrected chi connectivity index (χ0v) is 9.51. The van der Waals surface area contributed by atoms with E-state index in [1.807, 2.05) is 0 Å². The Bertz CT molecular complexity index is 205. The molecule has 0 aromatic rings. The number of rotatable bonds is 2. The molecule has 0 aliphatic heterocycles. The molecule has 0 aromatic carbocycles. The maximum absolute atomic E-state index is 12.0. The van der Waals surface area contributed by atoms with Gasteiger partial charge in [-0.3, -0.25) is 0 Å². The molecule has 0 bridgehead atoms. The lowest BCUT2D eigenvalue weighted by Gasteiger charge is -2.30. The second-order valence-electron chi connectivity index (χ2n) is 2.58. The molecular weight excluding hydrogens is 316 g/mol. The Labute approximate surface area is 100 Å². The van der Waals surface area contributed by atoms with Crippen LogP contribution in [0.25, 0.3) is 0 Å². The molecule has 0 spiro atoms. The van der Waals surface area contributed by atoms with Crippen LogP contribution in [0.4, 0.5) is 26.3 Å². The van der Waals surface area contributed by atoms with Crippen LogP contribution in [0.15, 0.2) is 0 Å². The molecule has 0 aliphatic carbocycles. The maximum atomic E-state index is 12.0. The molecule has 0 heterocycles. The summed E-state index contributed by atoms with van der Waals surface area (Å²) in [5.41, 5.74) is 0. The molecule has 0 nitrogen and oxygen atoms in total. The fourth-order valence-corrected chi connectivity index (χ4v) is 1.55. The lowest BCUT2D eigenvalue weighted by Crippen LogP contribution is -2.45. The number of hydrogen-bond donors (Lipinski definition) is 0. The third-order valence-corrected chi connectivity index (χ3v) is 2.67. The standard InChI is InChI=1S/C5H2Cl4F6/c6-2(7,4(10,11)12)1-3(8,9)5(13,14)15/h1H2. The van der Waals surface area contributed by atoms with Gasteiger partial charge in [-0.1, -0.05) is 46.4 Å². The Balaban J connectivity index is 4.89. The maximum Gasteiger partial charge on any atom is 0.421 e. The minimum atomic E-state index is -5.27. The van der Waals surface area contributed by atoms with Crippen LogP contribution in [-0.4, -0.2) is 21.0 Å². The smallest absolute Gasteiger partial charge is 0.168 e. The van der Waals surface area contributed by atoms with E-state index in [1.165, 1.54) is 0 Å². The van der Waals surface area contributed by atoms with Gasteiger partial charge in [0.15, 0.2) is 0 Å². The van der Waals surface area contributed by atoms with Crippen LogP contribution in [0.2, 0.25) is 0 Å². The monoisotopic (exact) mass is 316 g/mol. The average Bonchev–Trinajstić information content (AvgIpc) is 1.77. The van der Waals surface area contributed by atoms with Gasteiger partial charge in [-0.2, -0.15) is 26.3 Å². The third kappa shape index (κ3) is 3.91. The highest BCUT2D eigenvalue weighted by atomic mass is 35.5. The van der Waals surface area contributed by atoms with Gasteiger partial charge in [0.05, 0.1) is 0 Å². The Morgan fingerprint density at radius 2 is 0.800 bits per heavy atom. The molecule has 15 heavy (non-hydrogen) atoms. The highest BCUT2D eigenvalue weighted by Crippen LogP contribution is 2.52. The Hall–Kier alpha value is 0.740. The van der Waals surface area contributed by atoms with Crippen LogP contribution in [0.1, 0.15) is 6.42 Å². The molecule has 92 valence electrons. The predicted octanol–water partition coefficient (Wildman–Crippen LogP) is 4.85. The van der Waals surface area contributed by atoms with Gasteiger partial charge in [-0.25, -0.2) is 0 Å². The van der Waals surface area contributed by atoms with Crippen molar-refractivity contribution in [3.8, 4) is 0 Å². The largest absolute Gasteiger partial charge is 0.421 e. The zero-order chi connectivity index (χ0) is 12.7. The summed E-state index contributed by atoms with van der Waals surface area (Å²) >= 11 is 18.7. The fourth-order valence-electron chi connectivity index (χ4n) is 0.479. The van der Waals surface area contributed by atoms with Crippen molar-refractivity contribution in [3.63, 3.8) is 0 Å². The summed E-state index contributed by atoms with van der Waals surface area (Å²) in [5, 5.41) is 0. The molecule has 0 N–H and O–H groups in total. The fraction of sp³-hybridized carbons (Fsp3) is 1.00. The highest BCUT2D eigenvalue weighted by molar-refractivity contribution is 6.53. The van der Waals surface area contributed by atoms with E-state index < -0.39 is 27.4 Å². The van der Waals surface area contributed by atoms with Gasteiger partial charge in [-0.05, 0) is 0 Å². The summed E-state index contributed by atoms with van der Waals surface area (Å²) in [4.78, 5) is 0. The minimum absolute atomic E-state index is 1.92. The predicted molar refractivity (Wildman–Crippen MR) is 45.6 cm³/mol. The molecule has 0 fully saturated rings. The van der Waals surface area contributed by atoms with Crippen molar-refractivity contribution in [2.45, 2.75) is 27.4 Å². The molecule has 0 unspecified atom stereocenters. The molecule has 0 radical (unpaired) electrons. The molecular formula is C5H2Cl4F6. The van der Waals surface area contributed by atoms with Gasteiger partial charge < -0.3 is 0 Å². The van der Waals surface area contributed by atoms with Crippen LogP contribution < -0.4 is 0 Å². The van der Waals surface area contributed by atoms with Gasteiger partial charge in [0.1, 0.15) is 0 Å². The summed E-state index contributed by atoms with van der Waals surface area (Å²) < 4.78 is 64.7. The van der Waals surface area contributed by atoms with Gasteiger partial charge in [0.25, 0.3) is 0 Å². The quantitative estimate of drug-likeness (QED) is 0.504. The van der Waals surface area contributed by atoms with E-state index in [2.05, 4.69) is 46.4 Å². The van der Waals surface area contributed by atoms with Crippen molar-refractivity contribution in [2.75, 3.05) is 0 Å². The molecule has 0 aromatic heterocycles. The highest BCUT2D eigenvalue weighted by Gasteiger charge is 2.63. The van der Waals surface area contributed by atoms with E-state index >= 15 is 0 Å². The van der Waals surface area contributed by atoms with Crippen molar-refractivity contribution >= 4 is 46.4 Å². The second kappa shape index (κ2) is 4.20. The Morgan fingerprint density at radius 1 is 0.600 bits per heavy atom. The van der Waals surface area contributed by atoms with Gasteiger partial charge in [0, 0.05) is 6.42 Å². The second-order valence-corrected chi connectivity index (χ2v) is 5.55. The molecule has 0 saturated heterocycles. The normalized spacial score (nSPS) is 15.6. The van der Waals surface area contributed by atoms with Crippen LogP contribution >= 0.6 is 46.4 Å². The van der Waals surface area contributed by atoms with E-state index in [0.717, 1.165) is 0 Å². The molecule has 0 aliphatic rings. The first-order chi connectivity index (χ1) is 6.21. The van der Waals surface area contributed by atoms with Crippen molar-refractivity contribution < 1.29 is 26.3 Å². The lowest BCUT2D eigenvalue weighted by molar-refractivity contribution is -0.166. The van der Waals surface area contributed by atoms with Crippen LogP contribution in [0, 0.1) is 0 Å². The van der Waals surface area contributed by atoms with Crippen molar-refractivity contribution in [1.82, 2.24) is 0 Å². The topological polar surface area (TPSA) is 0 Å². The summed E-state index contributed by atoms with van der Waals surface area (Å²) in [6.45, 7) is 0. The average molecular weight is 318 g/mol. The molecule has 10 heteroatoms. The van der Waals surface area contributed by atoms with E-state index in [9.17, 15) is 26.3 Å². The Kier molecular flexibility index (Phi) is 4.41. The molecule has 0 rings (SSSR count). The van der Waals surface area contributed by atoms with E-state index in [0.29, 0.717) is 0 Å². The molecule has 0 amide bonds. The van der Waals surface area contributed by atoms with Crippen LogP contribution in [-0.2, 0) is 0 Å². The van der Waals surface area contributed by atoms with E-state index in [-0.39, 0.29) is 0 Å². The number of hydrogen-bond acceptors (Lipinski definition) is 0. The first-order valence-electron chi connectivity index (χ1n) is 3.10. The SMILES string of the molecule is FC(F)(F)C(Cl)(Cl)CC(Cl)(Cl)C(F)(F)F.